The summed E-state index contributed by atoms with van der Waals surface area (Å²) in [5.41, 5.74) is 1.93. The van der Waals surface area contributed by atoms with Crippen molar-refractivity contribution in [2.24, 2.45) is 4.99 Å². The van der Waals surface area contributed by atoms with Crippen LogP contribution in [0.2, 0.25) is 0 Å². The largest absolute Gasteiger partial charge is 0.267 e. The van der Waals surface area contributed by atoms with Crippen molar-refractivity contribution < 1.29 is 8.42 Å². The summed E-state index contributed by atoms with van der Waals surface area (Å²) in [6, 6.07) is 14.3. The van der Waals surface area contributed by atoms with Crippen molar-refractivity contribution in [1.82, 2.24) is 4.72 Å². The van der Waals surface area contributed by atoms with E-state index in [9.17, 15) is 8.42 Å². The molecule has 25 heavy (non-hydrogen) atoms. The average molecular weight is 486 g/mol. The van der Waals surface area contributed by atoms with Gasteiger partial charge in [-0.1, -0.05) is 74.3 Å². The number of aryl methyl sites for hydroxylation is 1. The Bertz CT molecular complexity index is 892. The molecular formula is C18H18Br2N2O2S. The monoisotopic (exact) mass is 484 g/mol. The molecule has 132 valence electrons. The van der Waals surface area contributed by atoms with Crippen LogP contribution in [0.5, 0.6) is 0 Å². The Labute approximate surface area is 165 Å². The van der Waals surface area contributed by atoms with Gasteiger partial charge in [-0.2, -0.15) is 0 Å². The molecule has 4 nitrogen and oxygen atoms in total. The molecule has 0 aliphatic heterocycles. The predicted octanol–water partition coefficient (Wildman–Crippen LogP) is 4.59. The second kappa shape index (κ2) is 8.78. The molecule has 0 aliphatic rings. The van der Waals surface area contributed by atoms with Crippen LogP contribution >= 0.6 is 31.9 Å². The Hall–Kier alpha value is -1.44. The lowest BCUT2D eigenvalue weighted by Crippen LogP contribution is -2.32. The normalized spacial score (nSPS) is 12.0. The highest BCUT2D eigenvalue weighted by atomic mass is 79.9. The van der Waals surface area contributed by atoms with Crippen LogP contribution in [0.1, 0.15) is 11.1 Å². The van der Waals surface area contributed by atoms with E-state index in [0.29, 0.717) is 16.7 Å². The molecule has 2 aromatic carbocycles. The van der Waals surface area contributed by atoms with E-state index >= 15 is 0 Å². The second-order valence-electron chi connectivity index (χ2n) is 5.47. The van der Waals surface area contributed by atoms with Crippen molar-refractivity contribution in [3.63, 3.8) is 0 Å². The van der Waals surface area contributed by atoms with E-state index in [2.05, 4.69) is 48.2 Å². The summed E-state index contributed by atoms with van der Waals surface area (Å²) in [7, 11) is -3.70. The smallest absolute Gasteiger partial charge is 0.262 e. The lowest BCUT2D eigenvalue weighted by atomic mass is 10.1. The minimum atomic E-state index is -3.70. The predicted molar refractivity (Wildman–Crippen MR) is 110 cm³/mol. The number of nitrogens with zero attached hydrogens (tertiary/aromatic N) is 1. The van der Waals surface area contributed by atoms with Crippen molar-refractivity contribution in [2.75, 3.05) is 6.54 Å². The number of halogens is 2. The van der Waals surface area contributed by atoms with Gasteiger partial charge in [0.05, 0.1) is 11.4 Å². The Kier molecular flexibility index (Phi) is 6.98. The minimum Gasteiger partial charge on any atom is -0.267 e. The molecule has 0 fully saturated rings. The number of benzene rings is 2. The number of rotatable bonds is 6. The van der Waals surface area contributed by atoms with Crippen LogP contribution in [0.25, 0.3) is 0 Å². The fourth-order valence-electron chi connectivity index (χ4n) is 2.06. The van der Waals surface area contributed by atoms with E-state index in [1.807, 2.05) is 31.2 Å². The maximum Gasteiger partial charge on any atom is 0.262 e. The number of hydrogen-bond donors (Lipinski definition) is 1. The zero-order valence-corrected chi connectivity index (χ0v) is 17.7. The van der Waals surface area contributed by atoms with Gasteiger partial charge in [-0.05, 0) is 30.7 Å². The summed E-state index contributed by atoms with van der Waals surface area (Å²) in [5, 5.41) is 0. The van der Waals surface area contributed by atoms with Crippen molar-refractivity contribution in [1.29, 1.82) is 0 Å². The molecule has 2 aromatic rings. The molecule has 1 N–H and O–H groups in total. The van der Waals surface area contributed by atoms with Crippen LogP contribution in [0.3, 0.4) is 0 Å². The fourth-order valence-corrected chi connectivity index (χ4v) is 3.67. The molecule has 0 saturated heterocycles. The van der Waals surface area contributed by atoms with E-state index in [1.165, 1.54) is 0 Å². The Balaban J connectivity index is 2.29. The Morgan fingerprint density at radius 2 is 1.80 bits per heavy atom. The van der Waals surface area contributed by atoms with E-state index in [-0.39, 0.29) is 11.4 Å². The molecule has 2 rings (SSSR count). The average Bonchev–Trinajstić information content (AvgIpc) is 2.55. The molecule has 0 saturated carbocycles. The number of amidine groups is 1. The molecule has 0 radical (unpaired) electrons. The highest BCUT2D eigenvalue weighted by Crippen LogP contribution is 2.17. The first-order valence-corrected chi connectivity index (χ1v) is 10.5. The van der Waals surface area contributed by atoms with Gasteiger partial charge in [0.1, 0.15) is 5.84 Å². The van der Waals surface area contributed by atoms with Crippen molar-refractivity contribution in [2.45, 2.75) is 18.2 Å². The third-order valence-electron chi connectivity index (χ3n) is 3.34. The molecular weight excluding hydrogens is 468 g/mol. The number of sulfonamides is 1. The van der Waals surface area contributed by atoms with Gasteiger partial charge in [0.15, 0.2) is 0 Å². The van der Waals surface area contributed by atoms with Gasteiger partial charge in [0.2, 0.25) is 0 Å². The zero-order chi connectivity index (χ0) is 18.4. The van der Waals surface area contributed by atoms with Crippen molar-refractivity contribution in [3.8, 4) is 0 Å². The fraction of sp³-hybridized carbons (Fsp3) is 0.167. The molecule has 0 aromatic heterocycles. The third kappa shape index (κ3) is 6.09. The topological polar surface area (TPSA) is 58.5 Å². The van der Waals surface area contributed by atoms with Crippen LogP contribution < -0.4 is 4.72 Å². The van der Waals surface area contributed by atoms with Gasteiger partial charge in [-0.15, -0.1) is 0 Å². The summed E-state index contributed by atoms with van der Waals surface area (Å²) < 4.78 is 29.4. The zero-order valence-electron chi connectivity index (χ0n) is 13.7. The number of hydrogen-bond acceptors (Lipinski definition) is 3. The molecule has 0 unspecified atom stereocenters. The quantitative estimate of drug-likeness (QED) is 0.480. The van der Waals surface area contributed by atoms with Crippen LogP contribution in [-0.2, 0) is 16.4 Å². The first kappa shape index (κ1) is 19.9. The molecule has 0 spiro atoms. The number of aliphatic imine (C=N–C) groups is 1. The summed E-state index contributed by atoms with van der Waals surface area (Å²) in [4.78, 5) is 4.55. The van der Waals surface area contributed by atoms with E-state index in [4.69, 9.17) is 0 Å². The number of nitrogens with one attached hydrogen (secondary N) is 1. The summed E-state index contributed by atoms with van der Waals surface area (Å²) in [5.74, 6) is 0.355. The van der Waals surface area contributed by atoms with Gasteiger partial charge in [-0.25, -0.2) is 8.42 Å². The van der Waals surface area contributed by atoms with Gasteiger partial charge in [0.25, 0.3) is 10.0 Å². The molecule has 7 heteroatoms. The maximum atomic E-state index is 12.6. The van der Waals surface area contributed by atoms with E-state index < -0.39 is 10.0 Å². The lowest BCUT2D eigenvalue weighted by Gasteiger charge is -2.12. The van der Waals surface area contributed by atoms with Crippen LogP contribution in [0.15, 0.2) is 74.0 Å². The maximum absolute atomic E-state index is 12.6. The first-order chi connectivity index (χ1) is 11.8. The molecule has 0 bridgehead atoms. The molecule has 0 amide bonds. The summed E-state index contributed by atoms with van der Waals surface area (Å²) >= 11 is 6.73. The van der Waals surface area contributed by atoms with E-state index in [1.54, 1.807) is 24.3 Å². The summed E-state index contributed by atoms with van der Waals surface area (Å²) in [6.45, 7) is 5.94. The third-order valence-corrected chi connectivity index (χ3v) is 5.76. The van der Waals surface area contributed by atoms with Crippen molar-refractivity contribution in [3.05, 3.63) is 75.2 Å². The molecule has 0 heterocycles. The van der Waals surface area contributed by atoms with Gasteiger partial charge in [-0.3, -0.25) is 9.71 Å². The van der Waals surface area contributed by atoms with E-state index in [0.717, 1.165) is 15.6 Å². The highest BCUT2D eigenvalue weighted by Gasteiger charge is 2.17. The second-order valence-corrected chi connectivity index (χ2v) is 9.13. The lowest BCUT2D eigenvalue weighted by molar-refractivity contribution is 0.592. The van der Waals surface area contributed by atoms with Crippen LogP contribution in [-0.4, -0.2) is 20.8 Å². The molecule has 0 atom stereocenters. The first-order valence-electron chi connectivity index (χ1n) is 7.47. The van der Waals surface area contributed by atoms with Gasteiger partial charge in [0, 0.05) is 15.4 Å². The van der Waals surface area contributed by atoms with Crippen molar-refractivity contribution >= 4 is 47.7 Å². The highest BCUT2D eigenvalue weighted by molar-refractivity contribution is 9.11. The summed E-state index contributed by atoms with van der Waals surface area (Å²) in [6.07, 6.45) is 0.354. The van der Waals surface area contributed by atoms with Gasteiger partial charge >= 0.3 is 0 Å². The van der Waals surface area contributed by atoms with Crippen LogP contribution in [0, 0.1) is 6.92 Å². The SMILES string of the molecule is C=C(Br)CN=C(Cc1ccccc1Br)NS(=O)(=O)c1ccc(C)cc1. The Morgan fingerprint density at radius 1 is 1.16 bits per heavy atom. The Morgan fingerprint density at radius 3 is 2.40 bits per heavy atom. The molecule has 0 aliphatic carbocycles. The van der Waals surface area contributed by atoms with Crippen LogP contribution in [0.4, 0.5) is 0 Å². The minimum absolute atomic E-state index is 0.204. The van der Waals surface area contributed by atoms with Gasteiger partial charge < -0.3 is 0 Å². The standard InChI is InChI=1S/C18H18Br2N2O2S/c1-13-7-9-16(10-8-13)25(23,24)22-18(21-12-14(2)19)11-15-5-3-4-6-17(15)20/h3-10H,2,11-12H2,1H3,(H,21,22).